The normalized spacial score (nSPS) is 14.4. The van der Waals surface area contributed by atoms with E-state index in [0.717, 1.165) is 49.7 Å². The lowest BCUT2D eigenvalue weighted by Crippen LogP contribution is -2.38. The van der Waals surface area contributed by atoms with Crippen molar-refractivity contribution in [2.75, 3.05) is 53.7 Å². The van der Waals surface area contributed by atoms with Crippen LogP contribution in [0.2, 0.25) is 0 Å². The van der Waals surface area contributed by atoms with Gasteiger partial charge in [-0.3, -0.25) is 14.5 Å². The van der Waals surface area contributed by atoms with Gasteiger partial charge in [0.2, 0.25) is 0 Å². The third-order valence-corrected chi connectivity index (χ3v) is 5.34. The van der Waals surface area contributed by atoms with Gasteiger partial charge in [-0.2, -0.15) is 0 Å². The van der Waals surface area contributed by atoms with Gasteiger partial charge in [-0.15, -0.1) is 0 Å². The summed E-state index contributed by atoms with van der Waals surface area (Å²) in [6.07, 6.45) is 5.99. The van der Waals surface area contributed by atoms with E-state index in [4.69, 9.17) is 18.9 Å². The van der Waals surface area contributed by atoms with Crippen LogP contribution in [0.5, 0.6) is 17.2 Å². The first-order chi connectivity index (χ1) is 16.6. The Morgan fingerprint density at radius 3 is 2.15 bits per heavy atom. The third-order valence-electron chi connectivity index (χ3n) is 5.34. The highest BCUT2D eigenvalue weighted by atomic mass is 16.5. The topological polar surface area (TPSA) is 74.3 Å². The summed E-state index contributed by atoms with van der Waals surface area (Å²) in [5, 5.41) is 0. The molecule has 0 amide bonds. The molecule has 3 rings (SSSR count). The van der Waals surface area contributed by atoms with Gasteiger partial charge in [-0.25, -0.2) is 0 Å². The summed E-state index contributed by atoms with van der Waals surface area (Å²) in [5.41, 5.74) is 1.64. The molecule has 0 radical (unpaired) electrons. The van der Waals surface area contributed by atoms with Crippen LogP contribution in [0.15, 0.2) is 54.6 Å². The van der Waals surface area contributed by atoms with Crippen LogP contribution in [0.1, 0.15) is 17.5 Å². The van der Waals surface area contributed by atoms with Crippen molar-refractivity contribution in [2.45, 2.75) is 6.42 Å². The zero-order valence-corrected chi connectivity index (χ0v) is 19.7. The molecule has 1 saturated heterocycles. The molecule has 2 aromatic rings. The molecule has 0 unspecified atom stereocenters. The van der Waals surface area contributed by atoms with Crippen molar-refractivity contribution in [1.82, 2.24) is 4.90 Å². The first kappa shape index (κ1) is 25.2. The van der Waals surface area contributed by atoms with E-state index >= 15 is 0 Å². The number of hydrogen-bond acceptors (Lipinski definition) is 7. The lowest BCUT2D eigenvalue weighted by Gasteiger charge is -2.26. The summed E-state index contributed by atoms with van der Waals surface area (Å²) >= 11 is 0. The van der Waals surface area contributed by atoms with E-state index in [9.17, 15) is 9.59 Å². The smallest absolute Gasteiger partial charge is 0.163 e. The Hall–Kier alpha value is -3.42. The number of morpholine rings is 1. The van der Waals surface area contributed by atoms with E-state index in [1.807, 2.05) is 30.3 Å². The molecule has 1 aliphatic rings. The van der Waals surface area contributed by atoms with Crippen molar-refractivity contribution in [2.24, 2.45) is 0 Å². The molecule has 34 heavy (non-hydrogen) atoms. The summed E-state index contributed by atoms with van der Waals surface area (Å²) < 4.78 is 21.6. The van der Waals surface area contributed by atoms with Gasteiger partial charge < -0.3 is 18.9 Å². The number of ether oxygens (including phenoxy) is 4. The molecular weight excluding hydrogens is 434 g/mol. The Morgan fingerprint density at radius 2 is 1.50 bits per heavy atom. The predicted molar refractivity (Wildman–Crippen MR) is 131 cm³/mol. The van der Waals surface area contributed by atoms with Gasteiger partial charge in [-0.05, 0) is 47.5 Å². The Bertz CT molecular complexity index is 1010. The molecule has 0 aliphatic carbocycles. The highest BCUT2D eigenvalue weighted by Gasteiger charge is 2.10. The molecule has 0 N–H and O–H groups in total. The lowest BCUT2D eigenvalue weighted by molar-refractivity contribution is -0.121. The van der Waals surface area contributed by atoms with Gasteiger partial charge in [0.25, 0.3) is 0 Å². The Morgan fingerprint density at radius 1 is 0.882 bits per heavy atom. The summed E-state index contributed by atoms with van der Waals surface area (Å²) in [6.45, 7) is 4.92. The van der Waals surface area contributed by atoms with E-state index in [-0.39, 0.29) is 18.0 Å². The van der Waals surface area contributed by atoms with Gasteiger partial charge in [-0.1, -0.05) is 30.4 Å². The van der Waals surface area contributed by atoms with E-state index in [1.54, 1.807) is 38.5 Å². The minimum atomic E-state index is -0.270. The number of nitrogens with zero attached hydrogens (tertiary/aromatic N) is 1. The maximum atomic E-state index is 12.2. The van der Waals surface area contributed by atoms with E-state index < -0.39 is 0 Å². The highest BCUT2D eigenvalue weighted by molar-refractivity contribution is 6.10. The molecular formula is C27H31NO6. The molecule has 0 atom stereocenters. The van der Waals surface area contributed by atoms with Crippen molar-refractivity contribution < 1.29 is 28.5 Å². The quantitative estimate of drug-likeness (QED) is 0.350. The molecule has 180 valence electrons. The van der Waals surface area contributed by atoms with Crippen LogP contribution < -0.4 is 14.2 Å². The largest absolute Gasteiger partial charge is 0.493 e. The molecule has 2 aromatic carbocycles. The van der Waals surface area contributed by atoms with Gasteiger partial charge in [0.15, 0.2) is 23.1 Å². The summed E-state index contributed by atoms with van der Waals surface area (Å²) in [7, 11) is 3.11. The van der Waals surface area contributed by atoms with E-state index in [1.165, 1.54) is 12.2 Å². The SMILES string of the molecule is COc1ccc(C=CC(=O)CC(=O)C=Cc2ccc(OCCN3CCOCC3)cc2)cc1OC. The first-order valence-corrected chi connectivity index (χ1v) is 11.2. The second kappa shape index (κ2) is 13.3. The van der Waals surface area contributed by atoms with Crippen LogP contribution in [-0.2, 0) is 14.3 Å². The van der Waals surface area contributed by atoms with Crippen molar-refractivity contribution >= 4 is 23.7 Å². The van der Waals surface area contributed by atoms with Crippen molar-refractivity contribution in [1.29, 1.82) is 0 Å². The highest BCUT2D eigenvalue weighted by Crippen LogP contribution is 2.28. The predicted octanol–water partition coefficient (Wildman–Crippen LogP) is 3.67. The van der Waals surface area contributed by atoms with Gasteiger partial charge in [0.05, 0.1) is 33.9 Å². The molecule has 0 spiro atoms. The van der Waals surface area contributed by atoms with Crippen LogP contribution in [0.4, 0.5) is 0 Å². The minimum Gasteiger partial charge on any atom is -0.493 e. The molecule has 0 bridgehead atoms. The molecule has 7 heteroatoms. The van der Waals surface area contributed by atoms with Gasteiger partial charge >= 0.3 is 0 Å². The number of carbonyl (C=O) groups excluding carboxylic acids is 2. The Kier molecular flexibility index (Phi) is 9.88. The summed E-state index contributed by atoms with van der Waals surface area (Å²) in [4.78, 5) is 26.6. The number of methoxy groups -OCH3 is 2. The van der Waals surface area contributed by atoms with Crippen LogP contribution in [0, 0.1) is 0 Å². The number of rotatable bonds is 12. The summed E-state index contributed by atoms with van der Waals surface area (Å²) in [6, 6.07) is 12.8. The maximum absolute atomic E-state index is 12.2. The monoisotopic (exact) mass is 465 g/mol. The molecule has 1 aliphatic heterocycles. The standard InChI is InChI=1S/C27H31NO6/c1-31-26-12-7-22(19-27(26)32-2)4-9-24(30)20-23(29)8-3-21-5-10-25(11-6-21)34-18-15-28-13-16-33-17-14-28/h3-12,19H,13-18,20H2,1-2H3. The molecule has 0 aromatic heterocycles. The summed E-state index contributed by atoms with van der Waals surface area (Å²) in [5.74, 6) is 1.44. The van der Waals surface area contributed by atoms with Crippen LogP contribution >= 0.6 is 0 Å². The van der Waals surface area contributed by atoms with Gasteiger partial charge in [0, 0.05) is 19.6 Å². The van der Waals surface area contributed by atoms with Crippen molar-refractivity contribution in [3.63, 3.8) is 0 Å². The van der Waals surface area contributed by atoms with Gasteiger partial charge in [0.1, 0.15) is 12.4 Å². The molecule has 1 fully saturated rings. The fraction of sp³-hybridized carbons (Fsp3) is 0.333. The second-order valence-corrected chi connectivity index (χ2v) is 7.76. The van der Waals surface area contributed by atoms with Crippen LogP contribution in [0.25, 0.3) is 12.2 Å². The lowest BCUT2D eigenvalue weighted by atomic mass is 10.1. The molecule has 0 saturated carbocycles. The van der Waals surface area contributed by atoms with Crippen molar-refractivity contribution in [3.8, 4) is 17.2 Å². The fourth-order valence-corrected chi connectivity index (χ4v) is 3.42. The first-order valence-electron chi connectivity index (χ1n) is 11.2. The maximum Gasteiger partial charge on any atom is 0.163 e. The Labute approximate surface area is 200 Å². The number of ketones is 2. The number of benzene rings is 2. The number of allylic oxidation sites excluding steroid dienone is 2. The van der Waals surface area contributed by atoms with Crippen LogP contribution in [-0.4, -0.2) is 70.1 Å². The average Bonchev–Trinajstić information content (AvgIpc) is 2.87. The zero-order chi connectivity index (χ0) is 24.2. The average molecular weight is 466 g/mol. The minimum absolute atomic E-state index is 0.191. The van der Waals surface area contributed by atoms with E-state index in [0.29, 0.717) is 18.1 Å². The second-order valence-electron chi connectivity index (χ2n) is 7.76. The number of hydrogen-bond donors (Lipinski definition) is 0. The molecule has 7 nitrogen and oxygen atoms in total. The zero-order valence-electron chi connectivity index (χ0n) is 19.7. The fourth-order valence-electron chi connectivity index (χ4n) is 3.42. The van der Waals surface area contributed by atoms with E-state index in [2.05, 4.69) is 4.90 Å². The molecule has 1 heterocycles. The third kappa shape index (κ3) is 8.17. The Balaban J connectivity index is 1.43. The number of carbonyl (C=O) groups is 2. The van der Waals surface area contributed by atoms with Crippen LogP contribution in [0.3, 0.4) is 0 Å². The van der Waals surface area contributed by atoms with Crippen molar-refractivity contribution in [3.05, 3.63) is 65.7 Å².